The van der Waals surface area contributed by atoms with Crippen LogP contribution in [0, 0.1) is 6.92 Å². The third-order valence-electron chi connectivity index (χ3n) is 4.65. The Bertz CT molecular complexity index is 689. The normalized spacial score (nSPS) is 20.4. The standard InChI is InChI=1S/C18H22N4O/c1-13-20-17-7-3-2-6-16(17)18(21-13)22-10-8-15(12-22)23-14-5-4-9-19-11-14/h4-5,9,11,15H,2-3,6-8,10,12H2,1H3. The van der Waals surface area contributed by atoms with Gasteiger partial charge in [-0.05, 0) is 44.7 Å². The van der Waals surface area contributed by atoms with Crippen molar-refractivity contribution in [1.29, 1.82) is 0 Å². The Kier molecular flexibility index (Phi) is 3.85. The zero-order valence-corrected chi connectivity index (χ0v) is 13.5. The highest BCUT2D eigenvalue weighted by Gasteiger charge is 2.28. The Hall–Kier alpha value is -2.17. The zero-order valence-electron chi connectivity index (χ0n) is 13.5. The Morgan fingerprint density at radius 2 is 2.13 bits per heavy atom. The van der Waals surface area contributed by atoms with Gasteiger partial charge in [0.1, 0.15) is 23.5 Å². The van der Waals surface area contributed by atoms with E-state index in [9.17, 15) is 0 Å². The number of hydrogen-bond donors (Lipinski definition) is 0. The minimum Gasteiger partial charge on any atom is -0.487 e. The fraction of sp³-hybridized carbons (Fsp3) is 0.500. The molecule has 2 aromatic heterocycles. The Morgan fingerprint density at radius 3 is 3.00 bits per heavy atom. The summed E-state index contributed by atoms with van der Waals surface area (Å²) in [6, 6.07) is 3.87. The molecule has 5 nitrogen and oxygen atoms in total. The summed E-state index contributed by atoms with van der Waals surface area (Å²) in [4.78, 5) is 15.9. The van der Waals surface area contributed by atoms with Crippen LogP contribution in [0.15, 0.2) is 24.5 Å². The zero-order chi connectivity index (χ0) is 15.6. The van der Waals surface area contributed by atoms with Gasteiger partial charge in [0.15, 0.2) is 0 Å². The van der Waals surface area contributed by atoms with Crippen LogP contribution in [-0.4, -0.2) is 34.1 Å². The third-order valence-corrected chi connectivity index (χ3v) is 4.65. The van der Waals surface area contributed by atoms with Crippen molar-refractivity contribution in [3.63, 3.8) is 0 Å². The van der Waals surface area contributed by atoms with Gasteiger partial charge in [0.05, 0.1) is 12.7 Å². The number of nitrogens with zero attached hydrogens (tertiary/aromatic N) is 4. The van der Waals surface area contributed by atoms with E-state index in [0.717, 1.165) is 49.7 Å². The number of ether oxygens (including phenoxy) is 1. The summed E-state index contributed by atoms with van der Waals surface area (Å²) < 4.78 is 6.05. The van der Waals surface area contributed by atoms with E-state index in [1.54, 1.807) is 12.4 Å². The maximum Gasteiger partial charge on any atom is 0.138 e. The summed E-state index contributed by atoms with van der Waals surface area (Å²) in [6.07, 6.45) is 9.46. The van der Waals surface area contributed by atoms with Gasteiger partial charge >= 0.3 is 0 Å². The molecule has 1 fully saturated rings. The van der Waals surface area contributed by atoms with Gasteiger partial charge in [0, 0.05) is 30.4 Å². The predicted molar refractivity (Wildman–Crippen MR) is 88.9 cm³/mol. The van der Waals surface area contributed by atoms with Crippen molar-refractivity contribution >= 4 is 5.82 Å². The number of aryl methyl sites for hydroxylation is 2. The van der Waals surface area contributed by atoms with Crippen molar-refractivity contribution in [2.24, 2.45) is 0 Å². The van der Waals surface area contributed by atoms with Gasteiger partial charge in [-0.1, -0.05) is 0 Å². The monoisotopic (exact) mass is 310 g/mol. The van der Waals surface area contributed by atoms with Crippen molar-refractivity contribution in [3.8, 4) is 5.75 Å². The second-order valence-electron chi connectivity index (χ2n) is 6.39. The summed E-state index contributed by atoms with van der Waals surface area (Å²) in [5, 5.41) is 0. The van der Waals surface area contributed by atoms with E-state index < -0.39 is 0 Å². The lowest BCUT2D eigenvalue weighted by molar-refractivity contribution is 0.224. The number of anilines is 1. The molecule has 0 bridgehead atoms. The first-order valence-corrected chi connectivity index (χ1v) is 8.47. The molecule has 1 unspecified atom stereocenters. The highest BCUT2D eigenvalue weighted by molar-refractivity contribution is 5.51. The minimum atomic E-state index is 0.203. The molecule has 2 aromatic rings. The summed E-state index contributed by atoms with van der Waals surface area (Å²) in [7, 11) is 0. The smallest absolute Gasteiger partial charge is 0.138 e. The van der Waals surface area contributed by atoms with Crippen molar-refractivity contribution < 1.29 is 4.74 Å². The van der Waals surface area contributed by atoms with Gasteiger partial charge in [0.25, 0.3) is 0 Å². The molecule has 0 amide bonds. The average Bonchev–Trinajstić information content (AvgIpc) is 3.03. The molecule has 1 aliphatic carbocycles. The highest BCUT2D eigenvalue weighted by atomic mass is 16.5. The van der Waals surface area contributed by atoms with E-state index in [-0.39, 0.29) is 6.10 Å². The number of aromatic nitrogens is 3. The van der Waals surface area contributed by atoms with Crippen molar-refractivity contribution in [3.05, 3.63) is 41.6 Å². The molecule has 0 N–H and O–H groups in total. The molecule has 2 aliphatic rings. The van der Waals surface area contributed by atoms with Crippen LogP contribution >= 0.6 is 0 Å². The minimum absolute atomic E-state index is 0.203. The Morgan fingerprint density at radius 1 is 1.22 bits per heavy atom. The second-order valence-corrected chi connectivity index (χ2v) is 6.39. The molecular formula is C18H22N4O. The summed E-state index contributed by atoms with van der Waals surface area (Å²) in [5.74, 6) is 2.88. The molecule has 3 heterocycles. The van der Waals surface area contributed by atoms with E-state index in [2.05, 4.69) is 14.9 Å². The van der Waals surface area contributed by atoms with Crippen LogP contribution in [-0.2, 0) is 12.8 Å². The number of fused-ring (bicyclic) bond motifs is 1. The van der Waals surface area contributed by atoms with E-state index in [4.69, 9.17) is 9.72 Å². The van der Waals surface area contributed by atoms with E-state index >= 15 is 0 Å². The summed E-state index contributed by atoms with van der Waals surface area (Å²) in [5.41, 5.74) is 2.62. The second kappa shape index (κ2) is 6.14. The van der Waals surface area contributed by atoms with Crippen LogP contribution in [0.2, 0.25) is 0 Å². The van der Waals surface area contributed by atoms with E-state index in [1.165, 1.54) is 24.1 Å². The molecule has 1 saturated heterocycles. The molecular weight excluding hydrogens is 288 g/mol. The fourth-order valence-corrected chi connectivity index (χ4v) is 3.58. The molecule has 4 rings (SSSR count). The molecule has 0 saturated carbocycles. The SMILES string of the molecule is Cc1nc2c(c(N3CCC(Oc4cccnc4)C3)n1)CCCC2. The topological polar surface area (TPSA) is 51.1 Å². The quantitative estimate of drug-likeness (QED) is 0.872. The van der Waals surface area contributed by atoms with Crippen LogP contribution in [0.4, 0.5) is 5.82 Å². The van der Waals surface area contributed by atoms with Crippen LogP contribution in [0.1, 0.15) is 36.3 Å². The highest BCUT2D eigenvalue weighted by Crippen LogP contribution is 2.30. The number of hydrogen-bond acceptors (Lipinski definition) is 5. The van der Waals surface area contributed by atoms with E-state index in [1.807, 2.05) is 19.1 Å². The van der Waals surface area contributed by atoms with Crippen molar-refractivity contribution in [2.75, 3.05) is 18.0 Å². The number of rotatable bonds is 3. The molecule has 23 heavy (non-hydrogen) atoms. The van der Waals surface area contributed by atoms with Gasteiger partial charge in [-0.25, -0.2) is 9.97 Å². The summed E-state index contributed by atoms with van der Waals surface area (Å²) in [6.45, 7) is 3.88. The van der Waals surface area contributed by atoms with Crippen LogP contribution in [0.5, 0.6) is 5.75 Å². The first-order valence-electron chi connectivity index (χ1n) is 8.47. The van der Waals surface area contributed by atoms with E-state index in [0.29, 0.717) is 0 Å². The maximum absolute atomic E-state index is 6.05. The van der Waals surface area contributed by atoms with Gasteiger partial charge in [-0.2, -0.15) is 0 Å². The average molecular weight is 310 g/mol. The maximum atomic E-state index is 6.05. The van der Waals surface area contributed by atoms with Crippen molar-refractivity contribution in [2.45, 2.75) is 45.1 Å². The van der Waals surface area contributed by atoms with Crippen LogP contribution in [0.25, 0.3) is 0 Å². The largest absolute Gasteiger partial charge is 0.487 e. The van der Waals surface area contributed by atoms with Crippen molar-refractivity contribution in [1.82, 2.24) is 15.0 Å². The lowest BCUT2D eigenvalue weighted by Gasteiger charge is -2.25. The Balaban J connectivity index is 1.53. The number of pyridine rings is 1. The fourth-order valence-electron chi connectivity index (χ4n) is 3.58. The van der Waals surface area contributed by atoms with Gasteiger partial charge in [-0.15, -0.1) is 0 Å². The molecule has 0 radical (unpaired) electrons. The molecule has 5 heteroatoms. The van der Waals surface area contributed by atoms with Gasteiger partial charge in [-0.3, -0.25) is 4.98 Å². The predicted octanol–water partition coefficient (Wildman–Crippen LogP) is 2.72. The van der Waals surface area contributed by atoms with Crippen LogP contribution in [0.3, 0.4) is 0 Å². The molecule has 0 spiro atoms. The van der Waals surface area contributed by atoms with Gasteiger partial charge in [0.2, 0.25) is 0 Å². The molecule has 1 aliphatic heterocycles. The summed E-state index contributed by atoms with van der Waals surface area (Å²) >= 11 is 0. The first kappa shape index (κ1) is 14.4. The van der Waals surface area contributed by atoms with Crippen LogP contribution < -0.4 is 9.64 Å². The molecule has 1 atom stereocenters. The third kappa shape index (κ3) is 3.00. The Labute approximate surface area is 136 Å². The first-order chi connectivity index (χ1) is 11.3. The molecule has 120 valence electrons. The van der Waals surface area contributed by atoms with Gasteiger partial charge < -0.3 is 9.64 Å². The molecule has 0 aromatic carbocycles. The lowest BCUT2D eigenvalue weighted by atomic mass is 9.96. The lowest BCUT2D eigenvalue weighted by Crippen LogP contribution is -2.27.